The number of carbonyl (C=O) groups is 1. The summed E-state index contributed by atoms with van der Waals surface area (Å²) in [5.41, 5.74) is 0.0506. The molecule has 0 saturated heterocycles. The molecule has 0 aliphatic carbocycles. The number of halogens is 1. The van der Waals surface area contributed by atoms with Gasteiger partial charge in [-0.1, -0.05) is 15.9 Å². The van der Waals surface area contributed by atoms with Crippen LogP contribution in [-0.2, 0) is 10.1 Å². The lowest BCUT2D eigenvalue weighted by Crippen LogP contribution is -2.23. The van der Waals surface area contributed by atoms with Gasteiger partial charge in [0, 0.05) is 10.9 Å². The first-order chi connectivity index (χ1) is 7.74. The van der Waals surface area contributed by atoms with Crippen molar-refractivity contribution in [1.82, 2.24) is 0 Å². The van der Waals surface area contributed by atoms with E-state index in [0.717, 1.165) is 0 Å². The number of alkyl halides is 1. The van der Waals surface area contributed by atoms with Crippen LogP contribution in [0.2, 0.25) is 0 Å². The molecule has 0 saturated carbocycles. The Hall–Kier alpha value is -1.23. The van der Waals surface area contributed by atoms with Crippen LogP contribution in [0, 0.1) is 0 Å². The van der Waals surface area contributed by atoms with Crippen molar-refractivity contribution in [2.24, 2.45) is 0 Å². The van der Waals surface area contributed by atoms with E-state index in [2.05, 4.69) is 15.9 Å². The highest BCUT2D eigenvalue weighted by atomic mass is 79.9. The van der Waals surface area contributed by atoms with Crippen LogP contribution in [0.1, 0.15) is 36.7 Å². The Labute approximate surface area is 108 Å². The van der Waals surface area contributed by atoms with Crippen LogP contribution in [-0.4, -0.2) is 21.8 Å². The molecule has 1 aromatic rings. The molecule has 1 rings (SSSR count). The number of carbonyl (C=O) groups excluding carboxylic acids is 1. The number of esters is 1. The fourth-order valence-corrected chi connectivity index (χ4v) is 1.66. The van der Waals surface area contributed by atoms with Gasteiger partial charge in [0.05, 0.1) is 5.56 Å². The largest absolute Gasteiger partial charge is 0.504 e. The first-order valence-corrected chi connectivity index (χ1v) is 6.21. The maximum absolute atomic E-state index is 11.8. The van der Waals surface area contributed by atoms with E-state index < -0.39 is 11.6 Å². The van der Waals surface area contributed by atoms with Crippen molar-refractivity contribution in [2.75, 3.05) is 0 Å². The Balaban J connectivity index is 3.07. The van der Waals surface area contributed by atoms with Crippen LogP contribution in [0.15, 0.2) is 12.1 Å². The summed E-state index contributed by atoms with van der Waals surface area (Å²) in [5.74, 6) is -1.09. The number of phenolic OH excluding ortho intramolecular Hbond substituents is 2. The van der Waals surface area contributed by atoms with Crippen molar-refractivity contribution >= 4 is 21.9 Å². The van der Waals surface area contributed by atoms with E-state index in [1.807, 2.05) is 0 Å². The van der Waals surface area contributed by atoms with Gasteiger partial charge in [-0.25, -0.2) is 4.79 Å². The molecule has 17 heavy (non-hydrogen) atoms. The minimum atomic E-state index is -0.598. The molecule has 0 aromatic heterocycles. The smallest absolute Gasteiger partial charge is 0.338 e. The third kappa shape index (κ3) is 3.63. The van der Waals surface area contributed by atoms with Gasteiger partial charge in [-0.2, -0.15) is 0 Å². The van der Waals surface area contributed by atoms with Crippen molar-refractivity contribution in [2.45, 2.75) is 31.7 Å². The quantitative estimate of drug-likeness (QED) is 0.501. The molecule has 5 heteroatoms. The lowest BCUT2D eigenvalue weighted by Gasteiger charge is -2.19. The van der Waals surface area contributed by atoms with E-state index in [1.165, 1.54) is 12.1 Å². The van der Waals surface area contributed by atoms with Gasteiger partial charge in [0.1, 0.15) is 5.60 Å². The standard InChI is InChI=1S/C12H15BrO4/c1-12(2,3)17-11(16)7-4-8(6-13)10(15)9(14)5-7/h4-5,14-15H,6H2,1-3H3. The van der Waals surface area contributed by atoms with E-state index in [-0.39, 0.29) is 17.1 Å². The normalized spacial score (nSPS) is 11.3. The van der Waals surface area contributed by atoms with E-state index >= 15 is 0 Å². The molecule has 0 radical (unpaired) electrons. The highest BCUT2D eigenvalue weighted by Crippen LogP contribution is 2.32. The van der Waals surface area contributed by atoms with Gasteiger partial charge < -0.3 is 14.9 Å². The van der Waals surface area contributed by atoms with Crippen molar-refractivity contribution in [1.29, 1.82) is 0 Å². The summed E-state index contributed by atoms with van der Waals surface area (Å²) >= 11 is 3.16. The second kappa shape index (κ2) is 4.96. The van der Waals surface area contributed by atoms with Gasteiger partial charge in [0.2, 0.25) is 0 Å². The van der Waals surface area contributed by atoms with Gasteiger partial charge >= 0.3 is 5.97 Å². The highest BCUT2D eigenvalue weighted by Gasteiger charge is 2.20. The van der Waals surface area contributed by atoms with Crippen LogP contribution in [0.4, 0.5) is 0 Å². The summed E-state index contributed by atoms with van der Waals surface area (Å²) in [4.78, 5) is 11.8. The predicted molar refractivity (Wildman–Crippen MR) is 67.6 cm³/mol. The van der Waals surface area contributed by atoms with Crippen LogP contribution >= 0.6 is 15.9 Å². The Bertz CT molecular complexity index is 435. The van der Waals surface area contributed by atoms with E-state index in [0.29, 0.717) is 10.9 Å². The summed E-state index contributed by atoms with van der Waals surface area (Å²) in [5, 5.41) is 19.3. The number of aromatic hydroxyl groups is 2. The minimum absolute atomic E-state index is 0.213. The fourth-order valence-electron chi connectivity index (χ4n) is 1.23. The molecule has 4 nitrogen and oxygen atoms in total. The summed E-state index contributed by atoms with van der Waals surface area (Å²) in [6.07, 6.45) is 0. The molecule has 94 valence electrons. The molecule has 0 heterocycles. The lowest BCUT2D eigenvalue weighted by molar-refractivity contribution is 0.00690. The van der Waals surface area contributed by atoms with Crippen molar-refractivity contribution < 1.29 is 19.7 Å². The highest BCUT2D eigenvalue weighted by molar-refractivity contribution is 9.08. The minimum Gasteiger partial charge on any atom is -0.504 e. The number of ether oxygens (including phenoxy) is 1. The summed E-state index contributed by atoms with van der Waals surface area (Å²) in [6.45, 7) is 5.28. The molecule has 0 unspecified atom stereocenters. The summed E-state index contributed by atoms with van der Waals surface area (Å²) < 4.78 is 5.17. The molecular formula is C12H15BrO4. The number of rotatable bonds is 2. The van der Waals surface area contributed by atoms with Crippen LogP contribution in [0.3, 0.4) is 0 Å². The molecule has 2 N–H and O–H groups in total. The maximum Gasteiger partial charge on any atom is 0.338 e. The zero-order valence-electron chi connectivity index (χ0n) is 9.95. The molecule has 0 amide bonds. The topological polar surface area (TPSA) is 66.8 Å². The average molecular weight is 303 g/mol. The van der Waals surface area contributed by atoms with Crippen molar-refractivity contribution in [3.63, 3.8) is 0 Å². The Morgan fingerprint density at radius 1 is 1.35 bits per heavy atom. The Kier molecular flexibility index (Phi) is 4.03. The molecule has 0 aliphatic rings. The molecule has 0 aliphatic heterocycles. The van der Waals surface area contributed by atoms with Crippen LogP contribution < -0.4 is 0 Å². The lowest BCUT2D eigenvalue weighted by atomic mass is 10.1. The first-order valence-electron chi connectivity index (χ1n) is 5.09. The SMILES string of the molecule is CC(C)(C)OC(=O)c1cc(O)c(O)c(CBr)c1. The average Bonchev–Trinajstić information content (AvgIpc) is 2.19. The third-order valence-electron chi connectivity index (χ3n) is 1.95. The number of benzene rings is 1. The Morgan fingerprint density at radius 3 is 2.41 bits per heavy atom. The van der Waals surface area contributed by atoms with Gasteiger partial charge in [0.25, 0.3) is 0 Å². The predicted octanol–water partition coefficient (Wildman–Crippen LogP) is 2.95. The summed E-state index contributed by atoms with van der Waals surface area (Å²) in [6, 6.07) is 2.67. The zero-order valence-corrected chi connectivity index (χ0v) is 11.5. The molecule has 0 bridgehead atoms. The van der Waals surface area contributed by atoms with E-state index in [9.17, 15) is 15.0 Å². The Morgan fingerprint density at radius 2 is 1.94 bits per heavy atom. The number of hydrogen-bond donors (Lipinski definition) is 2. The van der Waals surface area contributed by atoms with Gasteiger partial charge in [-0.05, 0) is 32.9 Å². The number of hydrogen-bond acceptors (Lipinski definition) is 4. The van der Waals surface area contributed by atoms with E-state index in [4.69, 9.17) is 4.74 Å². The second-order valence-electron chi connectivity index (χ2n) is 4.64. The molecular weight excluding hydrogens is 288 g/mol. The van der Waals surface area contributed by atoms with Crippen LogP contribution in [0.5, 0.6) is 11.5 Å². The maximum atomic E-state index is 11.8. The molecule has 0 fully saturated rings. The van der Waals surface area contributed by atoms with Gasteiger partial charge in [0.15, 0.2) is 11.5 Å². The third-order valence-corrected chi connectivity index (χ3v) is 2.55. The fraction of sp³-hybridized carbons (Fsp3) is 0.417. The van der Waals surface area contributed by atoms with E-state index in [1.54, 1.807) is 20.8 Å². The van der Waals surface area contributed by atoms with Crippen molar-refractivity contribution in [3.05, 3.63) is 23.3 Å². The molecule has 1 aromatic carbocycles. The van der Waals surface area contributed by atoms with Crippen molar-refractivity contribution in [3.8, 4) is 11.5 Å². The second-order valence-corrected chi connectivity index (χ2v) is 5.20. The summed E-state index contributed by atoms with van der Waals surface area (Å²) in [7, 11) is 0. The molecule has 0 spiro atoms. The van der Waals surface area contributed by atoms with Gasteiger partial charge in [-0.3, -0.25) is 0 Å². The van der Waals surface area contributed by atoms with Crippen LogP contribution in [0.25, 0.3) is 0 Å². The monoisotopic (exact) mass is 302 g/mol. The molecule has 0 atom stereocenters. The first kappa shape index (κ1) is 13.8. The zero-order chi connectivity index (χ0) is 13.2. The number of phenols is 2. The van der Waals surface area contributed by atoms with Gasteiger partial charge in [-0.15, -0.1) is 0 Å².